The van der Waals surface area contributed by atoms with Gasteiger partial charge >= 0.3 is 0 Å². The summed E-state index contributed by atoms with van der Waals surface area (Å²) in [7, 11) is 0. The molecule has 0 spiro atoms. The number of allylic oxidation sites excluding steroid dienone is 1. The molecule has 1 aliphatic carbocycles. The van der Waals surface area contributed by atoms with Gasteiger partial charge in [0, 0.05) is 45.6 Å². The fraction of sp³-hybridized carbons (Fsp3) is 0.857. The standard InChI is InChI=1S/C14H24N2O/c1-2-4-12-10-13(17-14(12)5-3-1)11-16-8-6-15-7-9-16/h13,15H,1-11H2. The summed E-state index contributed by atoms with van der Waals surface area (Å²) in [6.07, 6.45) is 8.26. The average Bonchev–Trinajstić information content (AvgIpc) is 2.60. The summed E-state index contributed by atoms with van der Waals surface area (Å²) in [4.78, 5) is 2.55. The molecular formula is C14H24N2O. The molecule has 0 aromatic rings. The van der Waals surface area contributed by atoms with Crippen molar-refractivity contribution in [1.82, 2.24) is 10.2 Å². The van der Waals surface area contributed by atoms with Gasteiger partial charge in [0.15, 0.2) is 0 Å². The number of nitrogens with zero attached hydrogens (tertiary/aromatic N) is 1. The van der Waals surface area contributed by atoms with Gasteiger partial charge in [-0.15, -0.1) is 0 Å². The van der Waals surface area contributed by atoms with Crippen molar-refractivity contribution in [3.63, 3.8) is 0 Å². The van der Waals surface area contributed by atoms with E-state index in [0.29, 0.717) is 6.10 Å². The van der Waals surface area contributed by atoms with Gasteiger partial charge in [0.25, 0.3) is 0 Å². The van der Waals surface area contributed by atoms with Crippen molar-refractivity contribution in [3.8, 4) is 0 Å². The maximum Gasteiger partial charge on any atom is 0.115 e. The van der Waals surface area contributed by atoms with E-state index >= 15 is 0 Å². The van der Waals surface area contributed by atoms with Crippen LogP contribution in [0.4, 0.5) is 0 Å². The Balaban J connectivity index is 1.51. The van der Waals surface area contributed by atoms with E-state index in [2.05, 4.69) is 10.2 Å². The first-order chi connectivity index (χ1) is 8.42. The predicted molar refractivity (Wildman–Crippen MR) is 68.9 cm³/mol. The van der Waals surface area contributed by atoms with E-state index in [1.54, 1.807) is 5.57 Å². The molecule has 3 rings (SSSR count). The van der Waals surface area contributed by atoms with Gasteiger partial charge in [-0.3, -0.25) is 4.90 Å². The van der Waals surface area contributed by atoms with Crippen molar-refractivity contribution in [3.05, 3.63) is 11.3 Å². The third-order valence-electron chi connectivity index (χ3n) is 4.23. The van der Waals surface area contributed by atoms with Gasteiger partial charge in [-0.1, -0.05) is 6.42 Å². The maximum absolute atomic E-state index is 6.17. The first-order valence-electron chi connectivity index (χ1n) is 7.22. The number of rotatable bonds is 2. The fourth-order valence-corrected chi connectivity index (χ4v) is 3.28. The van der Waals surface area contributed by atoms with Crippen molar-refractivity contribution in [1.29, 1.82) is 0 Å². The number of piperazine rings is 1. The van der Waals surface area contributed by atoms with Gasteiger partial charge in [0.2, 0.25) is 0 Å². The summed E-state index contributed by atoms with van der Waals surface area (Å²) in [5.74, 6) is 1.36. The van der Waals surface area contributed by atoms with Crippen LogP contribution in [0.1, 0.15) is 38.5 Å². The maximum atomic E-state index is 6.17. The van der Waals surface area contributed by atoms with Crippen LogP contribution in [-0.2, 0) is 4.74 Å². The SMILES string of the molecule is C1CCC2=C(CC1)OC(CN1CCNCC1)C2. The number of nitrogens with one attached hydrogen (secondary N) is 1. The quantitative estimate of drug-likeness (QED) is 0.792. The molecule has 3 aliphatic rings. The highest BCUT2D eigenvalue weighted by Gasteiger charge is 2.28. The van der Waals surface area contributed by atoms with E-state index in [1.165, 1.54) is 57.4 Å². The summed E-state index contributed by atoms with van der Waals surface area (Å²) in [5.41, 5.74) is 1.64. The van der Waals surface area contributed by atoms with E-state index in [1.807, 2.05) is 0 Å². The summed E-state index contributed by atoms with van der Waals surface area (Å²) in [6, 6.07) is 0. The minimum absolute atomic E-state index is 0.455. The Hall–Kier alpha value is -0.540. The topological polar surface area (TPSA) is 24.5 Å². The highest BCUT2D eigenvalue weighted by Crippen LogP contribution is 2.35. The lowest BCUT2D eigenvalue weighted by molar-refractivity contribution is 0.0851. The molecule has 0 aromatic heterocycles. The van der Waals surface area contributed by atoms with Gasteiger partial charge in [-0.05, 0) is 24.8 Å². The lowest BCUT2D eigenvalue weighted by Crippen LogP contribution is -2.46. The Kier molecular flexibility index (Phi) is 3.67. The Morgan fingerprint density at radius 2 is 1.94 bits per heavy atom. The highest BCUT2D eigenvalue weighted by molar-refractivity contribution is 5.16. The molecule has 0 radical (unpaired) electrons. The minimum Gasteiger partial charge on any atom is -0.493 e. The molecule has 0 bridgehead atoms. The molecule has 17 heavy (non-hydrogen) atoms. The van der Waals surface area contributed by atoms with Crippen molar-refractivity contribution < 1.29 is 4.74 Å². The van der Waals surface area contributed by atoms with Gasteiger partial charge in [0.05, 0.1) is 5.76 Å². The van der Waals surface area contributed by atoms with Gasteiger partial charge in [-0.2, -0.15) is 0 Å². The Morgan fingerprint density at radius 1 is 1.12 bits per heavy atom. The normalized spacial score (nSPS) is 30.9. The van der Waals surface area contributed by atoms with Crippen LogP contribution in [0.15, 0.2) is 11.3 Å². The molecule has 1 atom stereocenters. The molecule has 1 unspecified atom stereocenters. The van der Waals surface area contributed by atoms with E-state index in [-0.39, 0.29) is 0 Å². The molecule has 1 fully saturated rings. The largest absolute Gasteiger partial charge is 0.493 e. The summed E-state index contributed by atoms with van der Waals surface area (Å²) < 4.78 is 6.17. The lowest BCUT2D eigenvalue weighted by Gasteiger charge is -2.29. The van der Waals surface area contributed by atoms with Crippen LogP contribution in [0, 0.1) is 0 Å². The van der Waals surface area contributed by atoms with Crippen molar-refractivity contribution >= 4 is 0 Å². The monoisotopic (exact) mass is 236 g/mol. The molecule has 1 N–H and O–H groups in total. The van der Waals surface area contributed by atoms with Gasteiger partial charge in [-0.25, -0.2) is 0 Å². The summed E-state index contributed by atoms with van der Waals surface area (Å²) in [5, 5.41) is 3.40. The van der Waals surface area contributed by atoms with Crippen molar-refractivity contribution in [2.75, 3.05) is 32.7 Å². The fourth-order valence-electron chi connectivity index (χ4n) is 3.28. The predicted octanol–water partition coefficient (Wildman–Crippen LogP) is 1.90. The smallest absolute Gasteiger partial charge is 0.115 e. The zero-order valence-corrected chi connectivity index (χ0v) is 10.7. The molecule has 2 aliphatic heterocycles. The molecule has 3 heteroatoms. The number of hydrogen-bond acceptors (Lipinski definition) is 3. The van der Waals surface area contributed by atoms with Crippen molar-refractivity contribution in [2.24, 2.45) is 0 Å². The third kappa shape index (κ3) is 2.83. The highest BCUT2D eigenvalue weighted by atomic mass is 16.5. The summed E-state index contributed by atoms with van der Waals surface area (Å²) in [6.45, 7) is 5.78. The summed E-state index contributed by atoms with van der Waals surface area (Å²) >= 11 is 0. The van der Waals surface area contributed by atoms with Crippen LogP contribution in [0.3, 0.4) is 0 Å². The molecule has 0 saturated carbocycles. The van der Waals surface area contributed by atoms with Crippen molar-refractivity contribution in [2.45, 2.75) is 44.6 Å². The second-order valence-electron chi connectivity index (χ2n) is 5.58. The van der Waals surface area contributed by atoms with Crippen LogP contribution in [-0.4, -0.2) is 43.7 Å². The van der Waals surface area contributed by atoms with Crippen LogP contribution in [0.2, 0.25) is 0 Å². The second kappa shape index (κ2) is 5.40. The first-order valence-corrected chi connectivity index (χ1v) is 7.22. The molecule has 0 amide bonds. The number of hydrogen-bond donors (Lipinski definition) is 1. The van der Waals surface area contributed by atoms with Crippen LogP contribution >= 0.6 is 0 Å². The Morgan fingerprint density at radius 3 is 2.82 bits per heavy atom. The van der Waals surface area contributed by atoms with E-state index in [4.69, 9.17) is 4.74 Å². The average molecular weight is 236 g/mol. The third-order valence-corrected chi connectivity index (χ3v) is 4.23. The molecule has 3 nitrogen and oxygen atoms in total. The molecular weight excluding hydrogens is 212 g/mol. The molecule has 1 saturated heterocycles. The van der Waals surface area contributed by atoms with Crippen LogP contribution in [0.5, 0.6) is 0 Å². The second-order valence-corrected chi connectivity index (χ2v) is 5.58. The zero-order chi connectivity index (χ0) is 11.5. The lowest BCUT2D eigenvalue weighted by atomic mass is 10.0. The van der Waals surface area contributed by atoms with E-state index < -0.39 is 0 Å². The molecule has 0 aromatic carbocycles. The first kappa shape index (κ1) is 11.5. The Labute approximate surface area is 104 Å². The van der Waals surface area contributed by atoms with Gasteiger partial charge < -0.3 is 10.1 Å². The van der Waals surface area contributed by atoms with Crippen LogP contribution < -0.4 is 5.32 Å². The Bertz CT molecular complexity index is 277. The number of ether oxygens (including phenoxy) is 1. The minimum atomic E-state index is 0.455. The molecule has 2 heterocycles. The van der Waals surface area contributed by atoms with Crippen LogP contribution in [0.25, 0.3) is 0 Å². The zero-order valence-electron chi connectivity index (χ0n) is 10.7. The molecule has 96 valence electrons. The van der Waals surface area contributed by atoms with Gasteiger partial charge in [0.1, 0.15) is 6.10 Å². The van der Waals surface area contributed by atoms with E-state index in [0.717, 1.165) is 19.6 Å². The van der Waals surface area contributed by atoms with E-state index in [9.17, 15) is 0 Å².